The summed E-state index contributed by atoms with van der Waals surface area (Å²) < 4.78 is 4.89. The summed E-state index contributed by atoms with van der Waals surface area (Å²) in [5, 5.41) is 0. The van der Waals surface area contributed by atoms with E-state index in [0.717, 1.165) is 0 Å². The first-order valence-electron chi connectivity index (χ1n) is 4.94. The van der Waals surface area contributed by atoms with Crippen LogP contribution in [0.25, 0.3) is 0 Å². The van der Waals surface area contributed by atoms with Crippen LogP contribution in [0.4, 0.5) is 0 Å². The fourth-order valence-corrected chi connectivity index (χ4v) is 1.30. The summed E-state index contributed by atoms with van der Waals surface area (Å²) in [6.45, 7) is 3.87. The first kappa shape index (κ1) is 11.4. The molecular weight excluding hydrogens is 192 g/mol. The molecule has 0 amide bonds. The number of carbonyl (C=O) groups excluding carboxylic acids is 2. The molecule has 0 aromatic carbocycles. The van der Waals surface area contributed by atoms with Gasteiger partial charge in [-0.15, -0.1) is 0 Å². The van der Waals surface area contributed by atoms with Gasteiger partial charge in [0.2, 0.25) is 0 Å². The van der Waals surface area contributed by atoms with Crippen LogP contribution in [0.5, 0.6) is 0 Å². The minimum absolute atomic E-state index is 0.0724. The normalized spacial score (nSPS) is 18.7. The minimum atomic E-state index is -0.351. The molecule has 1 rings (SSSR count). The Morgan fingerprint density at radius 2 is 2.33 bits per heavy atom. The Hall–Kier alpha value is -1.64. The van der Waals surface area contributed by atoms with Crippen LogP contribution in [0.1, 0.15) is 20.3 Å². The molecule has 1 aliphatic carbocycles. The van der Waals surface area contributed by atoms with E-state index in [1.807, 2.05) is 0 Å². The van der Waals surface area contributed by atoms with Gasteiger partial charge in [0, 0.05) is 11.1 Å². The van der Waals surface area contributed by atoms with Crippen molar-refractivity contribution < 1.29 is 14.3 Å². The lowest BCUT2D eigenvalue weighted by molar-refractivity contribution is -0.138. The summed E-state index contributed by atoms with van der Waals surface area (Å²) in [5.41, 5.74) is 1.05. The van der Waals surface area contributed by atoms with E-state index in [2.05, 4.69) is 0 Å². The number of ketones is 1. The molecule has 0 saturated carbocycles. The molecule has 0 spiro atoms. The van der Waals surface area contributed by atoms with E-state index in [0.29, 0.717) is 24.2 Å². The van der Waals surface area contributed by atoms with Crippen molar-refractivity contribution in [3.63, 3.8) is 0 Å². The molecule has 0 atom stereocenters. The first-order valence-corrected chi connectivity index (χ1v) is 4.94. The summed E-state index contributed by atoms with van der Waals surface area (Å²) in [7, 11) is 0. The largest absolute Gasteiger partial charge is 0.463 e. The van der Waals surface area contributed by atoms with Crippen molar-refractivity contribution in [3.05, 3.63) is 35.5 Å². The summed E-state index contributed by atoms with van der Waals surface area (Å²) in [6.07, 6.45) is 6.90. The maximum atomic E-state index is 11.5. The molecular formula is C12H14O3. The molecule has 0 radical (unpaired) electrons. The quantitative estimate of drug-likeness (QED) is 0.512. The summed E-state index contributed by atoms with van der Waals surface area (Å²) in [5.74, 6) is -0.423. The number of hydrogen-bond donors (Lipinski definition) is 0. The fourth-order valence-electron chi connectivity index (χ4n) is 1.30. The maximum absolute atomic E-state index is 11.5. The molecule has 1 aliphatic rings. The molecule has 0 fully saturated rings. The lowest BCUT2D eigenvalue weighted by Gasteiger charge is -2.03. The number of allylic oxidation sites excluding steroid dienone is 5. The van der Waals surface area contributed by atoms with Gasteiger partial charge >= 0.3 is 5.97 Å². The van der Waals surface area contributed by atoms with Crippen molar-refractivity contribution in [2.24, 2.45) is 0 Å². The number of carbonyl (C=O) groups is 2. The number of ether oxygens (including phenoxy) is 1. The number of esters is 1. The third-order valence-corrected chi connectivity index (χ3v) is 2.07. The van der Waals surface area contributed by atoms with Crippen LogP contribution in [0.15, 0.2) is 35.5 Å². The third kappa shape index (κ3) is 2.91. The second-order valence-corrected chi connectivity index (χ2v) is 3.10. The summed E-state index contributed by atoms with van der Waals surface area (Å²) >= 11 is 0. The van der Waals surface area contributed by atoms with Gasteiger partial charge in [-0.2, -0.15) is 0 Å². The van der Waals surface area contributed by atoms with Gasteiger partial charge in [-0.05, 0) is 32.4 Å². The Morgan fingerprint density at radius 1 is 1.60 bits per heavy atom. The average molecular weight is 206 g/mol. The van der Waals surface area contributed by atoms with Gasteiger partial charge in [0.15, 0.2) is 5.78 Å². The highest BCUT2D eigenvalue weighted by molar-refractivity contribution is 6.08. The van der Waals surface area contributed by atoms with E-state index in [4.69, 9.17) is 4.74 Å². The minimum Gasteiger partial charge on any atom is -0.463 e. The van der Waals surface area contributed by atoms with E-state index in [1.54, 1.807) is 32.1 Å². The second-order valence-electron chi connectivity index (χ2n) is 3.10. The van der Waals surface area contributed by atoms with E-state index in [1.165, 1.54) is 6.08 Å². The van der Waals surface area contributed by atoms with E-state index >= 15 is 0 Å². The highest BCUT2D eigenvalue weighted by Crippen LogP contribution is 2.15. The topological polar surface area (TPSA) is 43.4 Å². The first-order chi connectivity index (χ1) is 7.19. The van der Waals surface area contributed by atoms with Gasteiger partial charge in [-0.3, -0.25) is 4.79 Å². The number of hydrogen-bond acceptors (Lipinski definition) is 3. The van der Waals surface area contributed by atoms with Gasteiger partial charge in [0.25, 0.3) is 0 Å². The molecule has 0 aliphatic heterocycles. The Balaban J connectivity index is 2.95. The predicted octanol–water partition coefficient (Wildman–Crippen LogP) is 1.95. The van der Waals surface area contributed by atoms with Crippen LogP contribution in [-0.2, 0) is 14.3 Å². The van der Waals surface area contributed by atoms with Crippen molar-refractivity contribution in [3.8, 4) is 0 Å². The molecule has 0 bridgehead atoms. The van der Waals surface area contributed by atoms with Crippen LogP contribution in [0.2, 0.25) is 0 Å². The zero-order valence-corrected chi connectivity index (χ0v) is 8.95. The van der Waals surface area contributed by atoms with Crippen molar-refractivity contribution >= 4 is 11.8 Å². The lowest BCUT2D eigenvalue weighted by Crippen LogP contribution is -2.07. The zero-order valence-electron chi connectivity index (χ0n) is 8.95. The Bertz CT molecular complexity index is 359. The standard InChI is InChI=1S/C12H14O3/c1-3-9-8-10(12(14)15-4-2)6-5-7-11(9)13/h3,5,7-8H,4,6H2,1-2H3/b9-3+. The van der Waals surface area contributed by atoms with Gasteiger partial charge < -0.3 is 4.74 Å². The maximum Gasteiger partial charge on any atom is 0.334 e. The number of rotatable bonds is 2. The van der Waals surface area contributed by atoms with Crippen LogP contribution >= 0.6 is 0 Å². The molecule has 3 nitrogen and oxygen atoms in total. The third-order valence-electron chi connectivity index (χ3n) is 2.07. The molecule has 0 saturated heterocycles. The predicted molar refractivity (Wildman–Crippen MR) is 57.2 cm³/mol. The van der Waals surface area contributed by atoms with Gasteiger partial charge in [0.1, 0.15) is 0 Å². The smallest absolute Gasteiger partial charge is 0.334 e. The van der Waals surface area contributed by atoms with Crippen LogP contribution in [0.3, 0.4) is 0 Å². The lowest BCUT2D eigenvalue weighted by atomic mass is 10.1. The van der Waals surface area contributed by atoms with E-state index in [9.17, 15) is 9.59 Å². The monoisotopic (exact) mass is 206 g/mol. The van der Waals surface area contributed by atoms with Gasteiger partial charge in [-0.25, -0.2) is 4.79 Å². The molecule has 0 aromatic heterocycles. The zero-order chi connectivity index (χ0) is 11.3. The molecule has 15 heavy (non-hydrogen) atoms. The Kier molecular flexibility index (Phi) is 4.03. The van der Waals surface area contributed by atoms with Crippen molar-refractivity contribution in [1.82, 2.24) is 0 Å². The van der Waals surface area contributed by atoms with Crippen LogP contribution in [0, 0.1) is 0 Å². The molecule has 0 N–H and O–H groups in total. The van der Waals surface area contributed by atoms with Crippen molar-refractivity contribution in [2.45, 2.75) is 20.3 Å². The molecule has 0 unspecified atom stereocenters. The SMILES string of the molecule is C/C=C1\C=C(C(=O)OCC)CC=CC1=O. The van der Waals surface area contributed by atoms with Crippen LogP contribution < -0.4 is 0 Å². The summed E-state index contributed by atoms with van der Waals surface area (Å²) in [4.78, 5) is 22.9. The fraction of sp³-hybridized carbons (Fsp3) is 0.333. The highest BCUT2D eigenvalue weighted by atomic mass is 16.5. The average Bonchev–Trinajstić information content (AvgIpc) is 2.40. The summed E-state index contributed by atoms with van der Waals surface area (Å²) in [6, 6.07) is 0. The molecule has 80 valence electrons. The molecule has 0 heterocycles. The Labute approximate surface area is 89.1 Å². The van der Waals surface area contributed by atoms with Crippen molar-refractivity contribution in [1.29, 1.82) is 0 Å². The molecule has 3 heteroatoms. The van der Waals surface area contributed by atoms with Crippen molar-refractivity contribution in [2.75, 3.05) is 6.61 Å². The van der Waals surface area contributed by atoms with Gasteiger partial charge in [0.05, 0.1) is 6.61 Å². The van der Waals surface area contributed by atoms with E-state index < -0.39 is 0 Å². The van der Waals surface area contributed by atoms with E-state index in [-0.39, 0.29) is 11.8 Å². The molecule has 0 aromatic rings. The highest BCUT2D eigenvalue weighted by Gasteiger charge is 2.14. The van der Waals surface area contributed by atoms with Gasteiger partial charge in [-0.1, -0.05) is 12.2 Å². The Morgan fingerprint density at radius 3 is 2.93 bits per heavy atom. The van der Waals surface area contributed by atoms with Crippen LogP contribution in [-0.4, -0.2) is 18.4 Å². The second kappa shape index (κ2) is 5.29.